The Morgan fingerprint density at radius 3 is 2.60 bits per heavy atom. The highest BCUT2D eigenvalue weighted by Gasteiger charge is 2.15. The van der Waals surface area contributed by atoms with Crippen LogP contribution in [-0.2, 0) is 6.42 Å². The van der Waals surface area contributed by atoms with Crippen molar-refractivity contribution in [3.05, 3.63) is 65.2 Å². The third kappa shape index (κ3) is 3.41. The predicted molar refractivity (Wildman–Crippen MR) is 76.0 cm³/mol. The van der Waals surface area contributed by atoms with Crippen LogP contribution in [0.15, 0.2) is 42.7 Å². The fraction of sp³-hybridized carbons (Fsp3) is 0.250. The third-order valence-electron chi connectivity index (χ3n) is 3.19. The molecule has 0 spiro atoms. The van der Waals surface area contributed by atoms with Gasteiger partial charge in [-0.2, -0.15) is 0 Å². The van der Waals surface area contributed by atoms with Crippen LogP contribution in [0.3, 0.4) is 0 Å². The minimum absolute atomic E-state index is 0.118. The molecule has 20 heavy (non-hydrogen) atoms. The summed E-state index contributed by atoms with van der Waals surface area (Å²) >= 11 is 0. The molecule has 1 heterocycles. The molecule has 0 radical (unpaired) electrons. The molecule has 2 rings (SSSR count). The summed E-state index contributed by atoms with van der Waals surface area (Å²) in [6.07, 6.45) is 4.16. The molecule has 1 aromatic heterocycles. The molecular weight excluding hydrogens is 255 g/mol. The van der Waals surface area contributed by atoms with Crippen LogP contribution < -0.4 is 0 Å². The molecule has 0 N–H and O–H groups in total. The molecule has 3 nitrogen and oxygen atoms in total. The first-order chi connectivity index (χ1) is 9.58. The Morgan fingerprint density at radius 1 is 1.25 bits per heavy atom. The van der Waals surface area contributed by atoms with Crippen molar-refractivity contribution in [1.29, 1.82) is 0 Å². The number of aromatic nitrogens is 1. The number of benzene rings is 1. The van der Waals surface area contributed by atoms with Crippen molar-refractivity contribution in [2.24, 2.45) is 0 Å². The quantitative estimate of drug-likeness (QED) is 0.857. The fourth-order valence-corrected chi connectivity index (χ4v) is 1.95. The highest BCUT2D eigenvalue weighted by atomic mass is 19.1. The Kier molecular flexibility index (Phi) is 4.45. The van der Waals surface area contributed by atoms with Gasteiger partial charge >= 0.3 is 0 Å². The lowest BCUT2D eigenvalue weighted by Gasteiger charge is -2.17. The predicted octanol–water partition coefficient (Wildman–Crippen LogP) is 2.84. The summed E-state index contributed by atoms with van der Waals surface area (Å²) in [6.45, 7) is 2.33. The molecule has 1 amide bonds. The Morgan fingerprint density at radius 2 is 1.95 bits per heavy atom. The summed E-state index contributed by atoms with van der Waals surface area (Å²) in [5.74, 6) is -0.762. The number of likely N-dealkylation sites (N-methyl/N-ethyl adjacent to an activating group) is 1. The van der Waals surface area contributed by atoms with Gasteiger partial charge in [0.2, 0.25) is 0 Å². The molecule has 2 aromatic rings. The van der Waals surface area contributed by atoms with Crippen molar-refractivity contribution in [3.63, 3.8) is 0 Å². The van der Waals surface area contributed by atoms with E-state index in [4.69, 9.17) is 0 Å². The summed E-state index contributed by atoms with van der Waals surface area (Å²) in [5.41, 5.74) is 2.02. The summed E-state index contributed by atoms with van der Waals surface area (Å²) in [5, 5.41) is 0. The van der Waals surface area contributed by atoms with Crippen molar-refractivity contribution >= 4 is 5.91 Å². The van der Waals surface area contributed by atoms with E-state index in [0.29, 0.717) is 6.54 Å². The summed E-state index contributed by atoms with van der Waals surface area (Å²) in [4.78, 5) is 17.7. The molecule has 0 aliphatic heterocycles. The van der Waals surface area contributed by atoms with Gasteiger partial charge < -0.3 is 4.90 Å². The topological polar surface area (TPSA) is 33.2 Å². The molecule has 0 saturated carbocycles. The van der Waals surface area contributed by atoms with Gasteiger partial charge in [0.05, 0.1) is 5.56 Å². The van der Waals surface area contributed by atoms with Gasteiger partial charge in [-0.3, -0.25) is 9.78 Å². The molecule has 0 bridgehead atoms. The maximum atomic E-state index is 13.8. The lowest BCUT2D eigenvalue weighted by atomic mass is 10.1. The van der Waals surface area contributed by atoms with Gasteiger partial charge in [-0.05, 0) is 48.7 Å². The van der Waals surface area contributed by atoms with Crippen LogP contribution in [0.2, 0.25) is 0 Å². The number of hydrogen-bond donors (Lipinski definition) is 0. The zero-order valence-electron chi connectivity index (χ0n) is 11.6. The number of amides is 1. The maximum absolute atomic E-state index is 13.8. The zero-order valence-corrected chi connectivity index (χ0v) is 11.6. The number of pyridine rings is 1. The van der Waals surface area contributed by atoms with E-state index in [0.717, 1.165) is 17.5 Å². The fourth-order valence-electron chi connectivity index (χ4n) is 1.95. The SMILES string of the molecule is Cc1ccc(C(=O)N(C)CCc2ccncc2)c(F)c1. The largest absolute Gasteiger partial charge is 0.341 e. The first-order valence-corrected chi connectivity index (χ1v) is 6.48. The Labute approximate surface area is 118 Å². The molecular formula is C16H17FN2O. The Balaban J connectivity index is 2.01. The highest BCUT2D eigenvalue weighted by molar-refractivity contribution is 5.94. The summed E-state index contributed by atoms with van der Waals surface area (Å²) in [7, 11) is 1.68. The van der Waals surface area contributed by atoms with E-state index in [9.17, 15) is 9.18 Å². The van der Waals surface area contributed by atoms with Crippen molar-refractivity contribution in [3.8, 4) is 0 Å². The average molecular weight is 272 g/mol. The van der Waals surface area contributed by atoms with E-state index in [1.807, 2.05) is 12.1 Å². The van der Waals surface area contributed by atoms with E-state index < -0.39 is 5.82 Å². The first-order valence-electron chi connectivity index (χ1n) is 6.48. The van der Waals surface area contributed by atoms with Crippen LogP contribution in [-0.4, -0.2) is 29.4 Å². The molecule has 0 saturated heterocycles. The minimum atomic E-state index is -0.467. The lowest BCUT2D eigenvalue weighted by molar-refractivity contribution is 0.0792. The maximum Gasteiger partial charge on any atom is 0.256 e. The molecule has 4 heteroatoms. The molecule has 104 valence electrons. The molecule has 0 fully saturated rings. The van der Waals surface area contributed by atoms with Gasteiger partial charge in [-0.1, -0.05) is 6.07 Å². The summed E-state index contributed by atoms with van der Waals surface area (Å²) < 4.78 is 13.8. The van der Waals surface area contributed by atoms with Gasteiger partial charge in [0.15, 0.2) is 0 Å². The van der Waals surface area contributed by atoms with E-state index >= 15 is 0 Å². The van der Waals surface area contributed by atoms with E-state index in [1.54, 1.807) is 32.4 Å². The number of halogens is 1. The molecule has 0 aliphatic carbocycles. The molecule has 0 aliphatic rings. The molecule has 1 aromatic carbocycles. The number of rotatable bonds is 4. The number of hydrogen-bond acceptors (Lipinski definition) is 2. The minimum Gasteiger partial charge on any atom is -0.341 e. The van der Waals surface area contributed by atoms with Gasteiger partial charge in [0.25, 0.3) is 5.91 Å². The second kappa shape index (κ2) is 6.28. The standard InChI is InChI=1S/C16H17FN2O/c1-12-3-4-14(15(17)11-12)16(20)19(2)10-7-13-5-8-18-9-6-13/h3-6,8-9,11H,7,10H2,1-2H3. The van der Waals surface area contributed by atoms with E-state index in [-0.39, 0.29) is 11.5 Å². The second-order valence-corrected chi connectivity index (χ2v) is 4.82. The van der Waals surface area contributed by atoms with Crippen LogP contribution in [0, 0.1) is 12.7 Å². The van der Waals surface area contributed by atoms with Crippen LogP contribution >= 0.6 is 0 Å². The van der Waals surface area contributed by atoms with Gasteiger partial charge in [-0.25, -0.2) is 4.39 Å². The Hall–Kier alpha value is -2.23. The smallest absolute Gasteiger partial charge is 0.256 e. The number of carbonyl (C=O) groups is 1. The number of aryl methyl sites for hydroxylation is 1. The van der Waals surface area contributed by atoms with Crippen LogP contribution in [0.1, 0.15) is 21.5 Å². The van der Waals surface area contributed by atoms with E-state index in [1.165, 1.54) is 17.0 Å². The van der Waals surface area contributed by atoms with Crippen LogP contribution in [0.5, 0.6) is 0 Å². The number of nitrogens with zero attached hydrogens (tertiary/aromatic N) is 2. The van der Waals surface area contributed by atoms with Crippen molar-refractivity contribution in [2.75, 3.05) is 13.6 Å². The molecule has 0 unspecified atom stereocenters. The zero-order chi connectivity index (χ0) is 14.5. The van der Waals surface area contributed by atoms with Crippen molar-refractivity contribution in [2.45, 2.75) is 13.3 Å². The van der Waals surface area contributed by atoms with Crippen molar-refractivity contribution in [1.82, 2.24) is 9.88 Å². The monoisotopic (exact) mass is 272 g/mol. The molecule has 0 atom stereocenters. The van der Waals surface area contributed by atoms with Gasteiger partial charge in [0, 0.05) is 26.0 Å². The average Bonchev–Trinajstić information content (AvgIpc) is 2.45. The van der Waals surface area contributed by atoms with Crippen LogP contribution in [0.4, 0.5) is 4.39 Å². The lowest BCUT2D eigenvalue weighted by Crippen LogP contribution is -2.29. The first kappa shape index (κ1) is 14.2. The number of carbonyl (C=O) groups excluding carboxylic acids is 1. The van der Waals surface area contributed by atoms with Gasteiger partial charge in [0.1, 0.15) is 5.82 Å². The normalized spacial score (nSPS) is 10.3. The van der Waals surface area contributed by atoms with Crippen LogP contribution in [0.25, 0.3) is 0 Å². The highest BCUT2D eigenvalue weighted by Crippen LogP contribution is 2.12. The third-order valence-corrected chi connectivity index (χ3v) is 3.19. The summed E-state index contributed by atoms with van der Waals surface area (Å²) in [6, 6.07) is 8.47. The van der Waals surface area contributed by atoms with Gasteiger partial charge in [-0.15, -0.1) is 0 Å². The van der Waals surface area contributed by atoms with E-state index in [2.05, 4.69) is 4.98 Å². The van der Waals surface area contributed by atoms with Crippen molar-refractivity contribution < 1.29 is 9.18 Å². The Bertz CT molecular complexity index is 599. The second-order valence-electron chi connectivity index (χ2n) is 4.82.